The number of benzene rings is 3. The molecule has 0 saturated carbocycles. The summed E-state index contributed by atoms with van der Waals surface area (Å²) in [5.74, 6) is 1.86. The Labute approximate surface area is 239 Å². The Balaban J connectivity index is 1.36. The molecule has 9 nitrogen and oxygen atoms in total. The highest BCUT2D eigenvalue weighted by atomic mass is 16.5. The number of Topliss-reactive ketones (excluding diaryl/α,β-unsaturated/α-hetero) is 1. The van der Waals surface area contributed by atoms with Crippen molar-refractivity contribution in [3.8, 4) is 23.0 Å². The lowest BCUT2D eigenvalue weighted by atomic mass is 9.68. The Morgan fingerprint density at radius 2 is 1.49 bits per heavy atom. The van der Waals surface area contributed by atoms with E-state index in [-0.39, 0.29) is 29.7 Å². The standard InChI is InChI=1S/C32H35N3O6/c1-38-24-11-9-19(15-26(24)40-3)21-13-22-29(23(36)14-21)28(30-31(33-22)34-35-32(30)37)20-10-12-25(39-2)27(16-20)41-17-18-7-5-4-6-8-18/h4-12,15-16,21,28,30-35,37H,13-14,17H2,1-3H3/t21-,28-,30?,31?,32?/m1/s1. The fraction of sp³-hybridized carbons (Fsp3) is 0.344. The van der Waals surface area contributed by atoms with E-state index in [0.717, 1.165) is 22.4 Å². The quantitative estimate of drug-likeness (QED) is 0.329. The van der Waals surface area contributed by atoms with Gasteiger partial charge in [0.05, 0.1) is 27.5 Å². The lowest BCUT2D eigenvalue weighted by molar-refractivity contribution is -0.117. The molecule has 0 bridgehead atoms. The van der Waals surface area contributed by atoms with Crippen LogP contribution in [0.25, 0.3) is 0 Å². The summed E-state index contributed by atoms with van der Waals surface area (Å²) < 4.78 is 22.7. The number of hydrogen-bond donors (Lipinski definition) is 4. The SMILES string of the molecule is COc1ccc([C@H]2CC(=O)C3=C(C2)NC2NNC(O)C2[C@@H]3c2ccc(OC)c(OCc3ccccc3)c2)cc1OC. The molecule has 214 valence electrons. The van der Waals surface area contributed by atoms with Gasteiger partial charge in [-0.3, -0.25) is 4.79 Å². The molecule has 1 saturated heterocycles. The van der Waals surface area contributed by atoms with Gasteiger partial charge in [0.15, 0.2) is 28.8 Å². The normalized spacial score (nSPS) is 25.2. The lowest BCUT2D eigenvalue weighted by Crippen LogP contribution is -2.51. The maximum Gasteiger partial charge on any atom is 0.161 e. The highest BCUT2D eigenvalue weighted by Crippen LogP contribution is 2.49. The minimum Gasteiger partial charge on any atom is -0.493 e. The number of carbonyl (C=O) groups excluding carboxylic acids is 1. The fourth-order valence-electron chi connectivity index (χ4n) is 6.33. The van der Waals surface area contributed by atoms with Crippen molar-refractivity contribution in [2.24, 2.45) is 5.92 Å². The Morgan fingerprint density at radius 3 is 2.22 bits per heavy atom. The zero-order chi connectivity index (χ0) is 28.5. The first kappa shape index (κ1) is 27.1. The molecule has 0 aromatic heterocycles. The van der Waals surface area contributed by atoms with Gasteiger partial charge in [-0.05, 0) is 53.3 Å². The molecule has 2 heterocycles. The van der Waals surface area contributed by atoms with Crippen molar-refractivity contribution >= 4 is 5.78 Å². The molecule has 4 N–H and O–H groups in total. The van der Waals surface area contributed by atoms with Crippen LogP contribution >= 0.6 is 0 Å². The van der Waals surface area contributed by atoms with Crippen LogP contribution in [0.5, 0.6) is 23.0 Å². The molecule has 2 aliphatic heterocycles. The number of hydrazine groups is 1. The van der Waals surface area contributed by atoms with E-state index >= 15 is 0 Å². The number of allylic oxidation sites excluding steroid dienone is 2. The Hall–Kier alpha value is -4.05. The number of fused-ring (bicyclic) bond motifs is 1. The predicted molar refractivity (Wildman–Crippen MR) is 153 cm³/mol. The average Bonchev–Trinajstić information content (AvgIpc) is 3.38. The molecule has 5 atom stereocenters. The predicted octanol–water partition coefficient (Wildman–Crippen LogP) is 3.75. The maximum absolute atomic E-state index is 14.0. The number of aliphatic hydroxyl groups is 1. The average molecular weight is 558 g/mol. The third kappa shape index (κ3) is 5.12. The van der Waals surface area contributed by atoms with E-state index in [9.17, 15) is 9.90 Å². The number of methoxy groups -OCH3 is 3. The first-order chi connectivity index (χ1) is 20.0. The first-order valence-electron chi connectivity index (χ1n) is 13.8. The molecule has 0 spiro atoms. The second-order valence-electron chi connectivity index (χ2n) is 10.6. The molecule has 1 aliphatic carbocycles. The van der Waals surface area contributed by atoms with Crippen LogP contribution in [-0.2, 0) is 11.4 Å². The van der Waals surface area contributed by atoms with Gasteiger partial charge < -0.3 is 29.4 Å². The van der Waals surface area contributed by atoms with Crippen LogP contribution < -0.4 is 35.1 Å². The number of ether oxygens (including phenoxy) is 4. The van der Waals surface area contributed by atoms with E-state index in [1.54, 1.807) is 21.3 Å². The molecule has 1 fully saturated rings. The molecule has 3 aromatic rings. The number of rotatable bonds is 8. The van der Waals surface area contributed by atoms with Gasteiger partial charge in [0.25, 0.3) is 0 Å². The summed E-state index contributed by atoms with van der Waals surface area (Å²) >= 11 is 0. The lowest BCUT2D eigenvalue weighted by Gasteiger charge is -2.42. The summed E-state index contributed by atoms with van der Waals surface area (Å²) in [5.41, 5.74) is 10.7. The van der Waals surface area contributed by atoms with Crippen LogP contribution in [0.1, 0.15) is 41.4 Å². The number of nitrogens with one attached hydrogen (secondary N) is 3. The highest BCUT2D eigenvalue weighted by molar-refractivity contribution is 5.99. The van der Waals surface area contributed by atoms with E-state index < -0.39 is 6.23 Å². The van der Waals surface area contributed by atoms with Gasteiger partial charge in [0, 0.05) is 29.5 Å². The van der Waals surface area contributed by atoms with Gasteiger partial charge in [-0.2, -0.15) is 0 Å². The van der Waals surface area contributed by atoms with Crippen LogP contribution in [-0.4, -0.2) is 44.6 Å². The molecular weight excluding hydrogens is 522 g/mol. The van der Waals surface area contributed by atoms with Crippen molar-refractivity contribution in [2.45, 2.75) is 43.7 Å². The zero-order valence-corrected chi connectivity index (χ0v) is 23.3. The minimum absolute atomic E-state index is 0.0225. The van der Waals surface area contributed by atoms with Crippen LogP contribution in [0.4, 0.5) is 0 Å². The Kier molecular flexibility index (Phi) is 7.57. The summed E-state index contributed by atoms with van der Waals surface area (Å²) in [7, 11) is 4.83. The third-order valence-corrected chi connectivity index (χ3v) is 8.33. The van der Waals surface area contributed by atoms with Gasteiger partial charge in [0.1, 0.15) is 12.8 Å². The van der Waals surface area contributed by atoms with E-state index in [0.29, 0.717) is 48.0 Å². The van der Waals surface area contributed by atoms with Gasteiger partial charge in [-0.25, -0.2) is 10.9 Å². The van der Waals surface area contributed by atoms with E-state index in [1.165, 1.54) is 0 Å². The summed E-state index contributed by atoms with van der Waals surface area (Å²) in [6.45, 7) is 0.380. The second kappa shape index (κ2) is 11.4. The van der Waals surface area contributed by atoms with Crippen LogP contribution in [0.15, 0.2) is 78.0 Å². The molecular formula is C32H35N3O6. The topological polar surface area (TPSA) is 110 Å². The Morgan fingerprint density at radius 1 is 0.805 bits per heavy atom. The van der Waals surface area contributed by atoms with E-state index in [1.807, 2.05) is 66.7 Å². The molecule has 3 unspecified atom stereocenters. The minimum atomic E-state index is -0.848. The van der Waals surface area contributed by atoms with Gasteiger partial charge in [-0.15, -0.1) is 0 Å². The number of ketones is 1. The van der Waals surface area contributed by atoms with Gasteiger partial charge in [-0.1, -0.05) is 42.5 Å². The largest absolute Gasteiger partial charge is 0.493 e. The van der Waals surface area contributed by atoms with Crippen molar-refractivity contribution < 1.29 is 28.8 Å². The molecule has 3 aliphatic rings. The number of aliphatic hydroxyl groups excluding tert-OH is 1. The van der Waals surface area contributed by atoms with Crippen molar-refractivity contribution in [2.75, 3.05) is 21.3 Å². The van der Waals surface area contributed by atoms with Crippen LogP contribution in [0.3, 0.4) is 0 Å². The molecule has 9 heteroatoms. The van der Waals surface area contributed by atoms with Crippen LogP contribution in [0, 0.1) is 5.92 Å². The van der Waals surface area contributed by atoms with Crippen molar-refractivity contribution in [3.63, 3.8) is 0 Å². The zero-order valence-electron chi connectivity index (χ0n) is 23.3. The molecule has 0 amide bonds. The highest BCUT2D eigenvalue weighted by Gasteiger charge is 2.50. The summed E-state index contributed by atoms with van der Waals surface area (Å²) in [4.78, 5) is 14.0. The Bertz CT molecular complexity index is 1460. The number of hydrogen-bond acceptors (Lipinski definition) is 9. The van der Waals surface area contributed by atoms with Crippen LogP contribution in [0.2, 0.25) is 0 Å². The van der Waals surface area contributed by atoms with Crippen molar-refractivity contribution in [1.29, 1.82) is 0 Å². The number of carbonyl (C=O) groups is 1. The van der Waals surface area contributed by atoms with E-state index in [4.69, 9.17) is 18.9 Å². The van der Waals surface area contributed by atoms with Gasteiger partial charge in [0.2, 0.25) is 0 Å². The smallest absolute Gasteiger partial charge is 0.161 e. The summed E-state index contributed by atoms with van der Waals surface area (Å²) in [6, 6.07) is 21.5. The second-order valence-corrected chi connectivity index (χ2v) is 10.6. The van der Waals surface area contributed by atoms with E-state index in [2.05, 4.69) is 16.2 Å². The first-order valence-corrected chi connectivity index (χ1v) is 13.8. The molecule has 41 heavy (non-hydrogen) atoms. The van der Waals surface area contributed by atoms with Crippen molar-refractivity contribution in [3.05, 3.63) is 94.7 Å². The summed E-state index contributed by atoms with van der Waals surface area (Å²) in [6.07, 6.45) is -0.101. The molecule has 3 aromatic carbocycles. The summed E-state index contributed by atoms with van der Waals surface area (Å²) in [5, 5.41) is 14.5. The third-order valence-electron chi connectivity index (χ3n) is 8.33. The molecule has 0 radical (unpaired) electrons. The fourth-order valence-corrected chi connectivity index (χ4v) is 6.33. The monoisotopic (exact) mass is 557 g/mol. The van der Waals surface area contributed by atoms with Gasteiger partial charge >= 0.3 is 0 Å². The maximum atomic E-state index is 14.0. The van der Waals surface area contributed by atoms with Crippen molar-refractivity contribution in [1.82, 2.24) is 16.2 Å². The molecule has 6 rings (SSSR count).